The Morgan fingerprint density at radius 2 is 1.80 bits per heavy atom. The van der Waals surface area contributed by atoms with Gasteiger partial charge in [0.05, 0.1) is 0 Å². The van der Waals surface area contributed by atoms with Crippen molar-refractivity contribution in [3.63, 3.8) is 0 Å². The summed E-state index contributed by atoms with van der Waals surface area (Å²) in [5.41, 5.74) is 4.47. The van der Waals surface area contributed by atoms with Crippen molar-refractivity contribution in [2.45, 2.75) is 6.92 Å². The Bertz CT molecular complexity index is 32.6. The Morgan fingerprint density at radius 3 is 1.80 bits per heavy atom. The molecule has 0 aliphatic heterocycles. The molecule has 0 aromatic rings. The molecule has 5 heavy (non-hydrogen) atoms. The van der Waals surface area contributed by atoms with Crippen LogP contribution in [-0.2, 0) is 4.79 Å². The van der Waals surface area contributed by atoms with Crippen LogP contribution in [0.15, 0.2) is 0 Å². The van der Waals surface area contributed by atoms with E-state index in [1.54, 1.807) is 0 Å². The van der Waals surface area contributed by atoms with Crippen LogP contribution in [0.1, 0.15) is 6.92 Å². The Kier molecular flexibility index (Phi) is 7.85. The van der Waals surface area contributed by atoms with Crippen molar-refractivity contribution in [1.82, 2.24) is 0 Å². The zero-order valence-electron chi connectivity index (χ0n) is 3.19. The molecule has 0 spiro atoms. The van der Waals surface area contributed by atoms with E-state index in [1.165, 1.54) is 6.92 Å². The molecular weight excluding hydrogens is 263 g/mol. The standard InChI is InChI=1S/C2H5NO.Bi.3H/c1-2(3)4;;;;/h1H3,(H2,3,4);;;;. The second-order valence-corrected chi connectivity index (χ2v) is 0.611. The van der Waals surface area contributed by atoms with Crippen LogP contribution >= 0.6 is 0 Å². The van der Waals surface area contributed by atoms with E-state index in [0.717, 1.165) is 0 Å². The van der Waals surface area contributed by atoms with Crippen molar-refractivity contribution >= 4 is 32.1 Å². The van der Waals surface area contributed by atoms with Crippen molar-refractivity contribution in [2.24, 2.45) is 5.73 Å². The summed E-state index contributed by atoms with van der Waals surface area (Å²) in [6.45, 7) is 1.31. The fourth-order valence-corrected chi connectivity index (χ4v) is 0. The fourth-order valence-electron chi connectivity index (χ4n) is 0. The summed E-state index contributed by atoms with van der Waals surface area (Å²) < 4.78 is 0. The summed E-state index contributed by atoms with van der Waals surface area (Å²) in [5.74, 6) is -0.333. The summed E-state index contributed by atoms with van der Waals surface area (Å²) in [4.78, 5) is 9.22. The third-order valence-corrected chi connectivity index (χ3v) is 0. The third kappa shape index (κ3) is 193. The van der Waals surface area contributed by atoms with Gasteiger partial charge in [-0.15, -0.1) is 0 Å². The monoisotopic (exact) mass is 271 g/mol. The Hall–Kier alpha value is 0.353. The Labute approximate surface area is 49.9 Å². The van der Waals surface area contributed by atoms with E-state index in [9.17, 15) is 4.79 Å². The first-order valence-corrected chi connectivity index (χ1v) is 0.993. The molecule has 2 N–H and O–H groups in total. The maximum atomic E-state index is 9.22. The molecule has 0 aliphatic carbocycles. The van der Waals surface area contributed by atoms with E-state index in [4.69, 9.17) is 0 Å². The number of hydrogen-bond donors (Lipinski definition) is 1. The van der Waals surface area contributed by atoms with Gasteiger partial charge in [-0.2, -0.15) is 0 Å². The second-order valence-electron chi connectivity index (χ2n) is 0.611. The van der Waals surface area contributed by atoms with Gasteiger partial charge >= 0.3 is 26.2 Å². The van der Waals surface area contributed by atoms with Crippen LogP contribution in [0, 0.1) is 0 Å². The van der Waals surface area contributed by atoms with E-state index in [1.807, 2.05) is 0 Å². The molecule has 0 radical (unpaired) electrons. The summed E-state index contributed by atoms with van der Waals surface area (Å²) in [6.07, 6.45) is 0. The molecule has 0 heterocycles. The molecule has 0 saturated heterocycles. The SMILES string of the molecule is CC(N)=O.[BiH3]. The van der Waals surface area contributed by atoms with Gasteiger partial charge in [-0.05, 0) is 0 Å². The first kappa shape index (κ1) is 9.02. The summed E-state index contributed by atoms with van der Waals surface area (Å²) in [5, 5.41) is 0. The van der Waals surface area contributed by atoms with E-state index in [-0.39, 0.29) is 32.1 Å². The van der Waals surface area contributed by atoms with Crippen LogP contribution in [0.2, 0.25) is 0 Å². The third-order valence-electron chi connectivity index (χ3n) is 0. The maximum absolute atomic E-state index is 9.22. The first-order chi connectivity index (χ1) is 1.73. The van der Waals surface area contributed by atoms with Gasteiger partial charge in [-0.1, -0.05) is 0 Å². The molecular formula is C2H8BiNO. The van der Waals surface area contributed by atoms with Crippen LogP contribution in [0.4, 0.5) is 0 Å². The molecule has 0 bridgehead atoms. The van der Waals surface area contributed by atoms with E-state index in [0.29, 0.717) is 0 Å². The van der Waals surface area contributed by atoms with Gasteiger partial charge in [0.25, 0.3) is 0 Å². The van der Waals surface area contributed by atoms with Gasteiger partial charge in [0.2, 0.25) is 5.91 Å². The molecule has 0 aliphatic rings. The minimum absolute atomic E-state index is 0. The topological polar surface area (TPSA) is 43.1 Å². The quantitative estimate of drug-likeness (QED) is 0.525. The van der Waals surface area contributed by atoms with Crippen LogP contribution in [-0.4, -0.2) is 32.1 Å². The molecule has 0 atom stereocenters. The number of nitrogens with two attached hydrogens (primary N) is 1. The van der Waals surface area contributed by atoms with Crippen molar-refractivity contribution in [2.75, 3.05) is 0 Å². The van der Waals surface area contributed by atoms with Crippen molar-refractivity contribution in [3.8, 4) is 0 Å². The van der Waals surface area contributed by atoms with Crippen LogP contribution in [0.25, 0.3) is 0 Å². The Morgan fingerprint density at radius 1 is 1.80 bits per heavy atom. The number of primary amides is 1. The fraction of sp³-hybridized carbons (Fsp3) is 0.500. The minimum atomic E-state index is -0.333. The van der Waals surface area contributed by atoms with Crippen molar-refractivity contribution in [1.29, 1.82) is 0 Å². The van der Waals surface area contributed by atoms with Crippen LogP contribution in [0.5, 0.6) is 0 Å². The second kappa shape index (κ2) is 4.35. The van der Waals surface area contributed by atoms with E-state index in [2.05, 4.69) is 5.73 Å². The summed E-state index contributed by atoms with van der Waals surface area (Å²) in [6, 6.07) is 0. The average molecular weight is 271 g/mol. The molecule has 2 nitrogen and oxygen atoms in total. The van der Waals surface area contributed by atoms with Gasteiger partial charge < -0.3 is 5.73 Å². The van der Waals surface area contributed by atoms with Gasteiger partial charge in [0, 0.05) is 6.92 Å². The van der Waals surface area contributed by atoms with Crippen molar-refractivity contribution in [3.05, 3.63) is 0 Å². The first-order valence-electron chi connectivity index (χ1n) is 0.993. The molecule has 1 amide bonds. The van der Waals surface area contributed by atoms with Crippen LogP contribution in [0.3, 0.4) is 0 Å². The molecule has 0 rings (SSSR count). The normalized spacial score (nSPS) is 5.00. The molecule has 0 aromatic carbocycles. The number of amides is 1. The molecule has 0 unspecified atom stereocenters. The number of rotatable bonds is 0. The number of carbonyl (C=O) groups is 1. The predicted octanol–water partition coefficient (Wildman–Crippen LogP) is -1.69. The van der Waals surface area contributed by atoms with Gasteiger partial charge in [0.15, 0.2) is 0 Å². The summed E-state index contributed by atoms with van der Waals surface area (Å²) >= 11 is 0. The zero-order valence-corrected chi connectivity index (χ0v) is 8.69. The summed E-state index contributed by atoms with van der Waals surface area (Å²) in [7, 11) is 0. The predicted molar refractivity (Wildman–Crippen MR) is 24.8 cm³/mol. The average Bonchev–Trinajstić information content (AvgIpc) is 0.811. The molecule has 32 valence electrons. The van der Waals surface area contributed by atoms with E-state index >= 15 is 0 Å². The van der Waals surface area contributed by atoms with Crippen molar-refractivity contribution < 1.29 is 4.79 Å². The molecule has 3 heteroatoms. The van der Waals surface area contributed by atoms with Gasteiger partial charge in [-0.25, -0.2) is 0 Å². The van der Waals surface area contributed by atoms with Crippen LogP contribution < -0.4 is 5.73 Å². The van der Waals surface area contributed by atoms with Gasteiger partial charge in [0.1, 0.15) is 0 Å². The zero-order chi connectivity index (χ0) is 3.58. The molecule has 0 saturated carbocycles. The number of hydrogen-bond acceptors (Lipinski definition) is 1. The van der Waals surface area contributed by atoms with E-state index < -0.39 is 0 Å². The Balaban J connectivity index is 0. The molecule has 0 fully saturated rings. The number of carbonyl (C=O) groups excluding carboxylic acids is 1. The van der Waals surface area contributed by atoms with Gasteiger partial charge in [-0.3, -0.25) is 4.79 Å². The molecule has 0 aromatic heterocycles.